The maximum absolute atomic E-state index is 12.3. The lowest BCUT2D eigenvalue weighted by Crippen LogP contribution is -2.46. The summed E-state index contributed by atoms with van der Waals surface area (Å²) < 4.78 is 13.9. The van der Waals surface area contributed by atoms with Gasteiger partial charge in [0.2, 0.25) is 0 Å². The van der Waals surface area contributed by atoms with Gasteiger partial charge < -0.3 is 24.0 Å². The predicted octanol–water partition coefficient (Wildman–Crippen LogP) is 3.74. The van der Waals surface area contributed by atoms with Crippen LogP contribution in [0.25, 0.3) is 10.9 Å². The number of esters is 1. The Bertz CT molecular complexity index is 871. The van der Waals surface area contributed by atoms with Gasteiger partial charge in [0.05, 0.1) is 36.9 Å². The van der Waals surface area contributed by atoms with Crippen LogP contribution in [0.3, 0.4) is 0 Å². The molecule has 1 amide bonds. The highest BCUT2D eigenvalue weighted by molar-refractivity contribution is 9.10. The van der Waals surface area contributed by atoms with E-state index in [9.17, 15) is 14.7 Å². The number of amides is 1. The first kappa shape index (κ1) is 19.7. The summed E-state index contributed by atoms with van der Waals surface area (Å²) in [6.45, 7) is 7.14. The average Bonchev–Trinajstić information content (AvgIpc) is 2.97. The number of halogens is 1. The molecule has 1 aliphatic rings. The molecule has 8 heteroatoms. The molecule has 1 saturated heterocycles. The lowest BCUT2D eigenvalue weighted by Gasteiger charge is -2.31. The minimum Gasteiger partial charge on any atom is -0.465 e. The van der Waals surface area contributed by atoms with Gasteiger partial charge in [-0.25, -0.2) is 9.59 Å². The van der Waals surface area contributed by atoms with Crippen molar-refractivity contribution in [3.05, 3.63) is 34.4 Å². The fourth-order valence-electron chi connectivity index (χ4n) is 3.13. The molecule has 0 bridgehead atoms. The predicted molar refractivity (Wildman–Crippen MR) is 104 cm³/mol. The first-order chi connectivity index (χ1) is 12.6. The molecule has 0 saturated carbocycles. The van der Waals surface area contributed by atoms with Crippen molar-refractivity contribution in [1.82, 2.24) is 9.47 Å². The number of hydrogen-bond acceptors (Lipinski definition) is 4. The van der Waals surface area contributed by atoms with Gasteiger partial charge >= 0.3 is 12.1 Å². The minimum absolute atomic E-state index is 0.220. The van der Waals surface area contributed by atoms with Crippen molar-refractivity contribution >= 4 is 38.9 Å². The molecular formula is C19H23BrN2O5. The van der Waals surface area contributed by atoms with E-state index in [1.54, 1.807) is 12.1 Å². The summed E-state index contributed by atoms with van der Waals surface area (Å²) in [5.74, 6) is -0.370. The van der Waals surface area contributed by atoms with Gasteiger partial charge in [0, 0.05) is 22.6 Å². The molecule has 0 spiro atoms. The van der Waals surface area contributed by atoms with Crippen LogP contribution in [0, 0.1) is 0 Å². The van der Waals surface area contributed by atoms with Crippen molar-refractivity contribution in [2.45, 2.75) is 39.0 Å². The van der Waals surface area contributed by atoms with Gasteiger partial charge in [-0.05, 0) is 54.9 Å². The molecule has 3 rings (SSSR count). The van der Waals surface area contributed by atoms with Gasteiger partial charge in [-0.3, -0.25) is 0 Å². The van der Waals surface area contributed by atoms with Crippen LogP contribution in [0.5, 0.6) is 0 Å². The lowest BCUT2D eigenvalue weighted by atomic mass is 10.1. The van der Waals surface area contributed by atoms with Crippen LogP contribution in [0.1, 0.15) is 31.1 Å². The Kier molecular flexibility index (Phi) is 5.48. The summed E-state index contributed by atoms with van der Waals surface area (Å²) in [5.41, 5.74) is 0.852. The lowest BCUT2D eigenvalue weighted by molar-refractivity contribution is -0.0287. The zero-order valence-electron chi connectivity index (χ0n) is 15.6. The summed E-state index contributed by atoms with van der Waals surface area (Å²) >= 11 is 3.55. The first-order valence-corrected chi connectivity index (χ1v) is 9.54. The van der Waals surface area contributed by atoms with Crippen molar-refractivity contribution in [2.75, 3.05) is 19.7 Å². The number of aromatic nitrogens is 1. The second-order valence-electron chi connectivity index (χ2n) is 7.59. The van der Waals surface area contributed by atoms with Crippen molar-refractivity contribution in [3.8, 4) is 0 Å². The Morgan fingerprint density at radius 1 is 1.37 bits per heavy atom. The zero-order chi connectivity index (χ0) is 19.8. The Hall–Kier alpha value is -2.06. The Balaban J connectivity index is 1.82. The third kappa shape index (κ3) is 4.62. The largest absolute Gasteiger partial charge is 0.465 e. The Morgan fingerprint density at radius 2 is 2.11 bits per heavy atom. The summed E-state index contributed by atoms with van der Waals surface area (Å²) in [5, 5.41) is 10.1. The molecule has 1 N–H and O–H groups in total. The average molecular weight is 439 g/mol. The standard InChI is InChI=1S/C19H23BrN2O5/c1-19(2,3)27-17(23)13-8-12-4-5-21(16(12)15(20)9-13)10-14-11-22(18(24)25)6-7-26-14/h4-5,8-9,14H,6-7,10-11H2,1-3H3,(H,24,25). The molecule has 2 heterocycles. The molecule has 1 aromatic carbocycles. The van der Waals surface area contributed by atoms with E-state index < -0.39 is 11.7 Å². The van der Waals surface area contributed by atoms with Gasteiger partial charge in [-0.15, -0.1) is 0 Å². The molecule has 0 radical (unpaired) electrons. The quantitative estimate of drug-likeness (QED) is 0.738. The van der Waals surface area contributed by atoms with Crippen molar-refractivity contribution < 1.29 is 24.2 Å². The number of nitrogens with zero attached hydrogens (tertiary/aromatic N) is 2. The molecule has 0 aliphatic carbocycles. The molecule has 1 aliphatic heterocycles. The van der Waals surface area contributed by atoms with Gasteiger partial charge in [-0.1, -0.05) is 0 Å². The molecule has 7 nitrogen and oxygen atoms in total. The summed E-state index contributed by atoms with van der Waals surface area (Å²) in [6.07, 6.45) is 0.768. The van der Waals surface area contributed by atoms with Crippen LogP contribution in [-0.4, -0.2) is 58.0 Å². The van der Waals surface area contributed by atoms with E-state index in [0.29, 0.717) is 31.8 Å². The van der Waals surface area contributed by atoms with Crippen molar-refractivity contribution in [3.63, 3.8) is 0 Å². The number of carbonyl (C=O) groups excluding carboxylic acids is 1. The summed E-state index contributed by atoms with van der Waals surface area (Å²) in [6, 6.07) is 5.47. The molecule has 1 unspecified atom stereocenters. The fraction of sp³-hybridized carbons (Fsp3) is 0.474. The molecule has 1 atom stereocenters. The van der Waals surface area contributed by atoms with Crippen LogP contribution in [0.4, 0.5) is 4.79 Å². The first-order valence-electron chi connectivity index (χ1n) is 8.75. The van der Waals surface area contributed by atoms with Crippen LogP contribution in [0.2, 0.25) is 0 Å². The Labute approximate surface area is 166 Å². The summed E-state index contributed by atoms with van der Waals surface area (Å²) in [7, 11) is 0. The second-order valence-corrected chi connectivity index (χ2v) is 8.44. The molecule has 1 fully saturated rings. The topological polar surface area (TPSA) is 81.0 Å². The molecular weight excluding hydrogens is 416 g/mol. The highest BCUT2D eigenvalue weighted by Gasteiger charge is 2.25. The highest BCUT2D eigenvalue weighted by atomic mass is 79.9. The van der Waals surface area contributed by atoms with Crippen LogP contribution in [0.15, 0.2) is 28.9 Å². The van der Waals surface area contributed by atoms with E-state index in [1.165, 1.54) is 4.90 Å². The fourth-order valence-corrected chi connectivity index (χ4v) is 3.83. The monoisotopic (exact) mass is 438 g/mol. The maximum atomic E-state index is 12.3. The normalized spacial score (nSPS) is 17.9. The third-order valence-electron chi connectivity index (χ3n) is 4.26. The molecule has 146 valence electrons. The van der Waals surface area contributed by atoms with Gasteiger partial charge in [-0.2, -0.15) is 0 Å². The summed E-state index contributed by atoms with van der Waals surface area (Å²) in [4.78, 5) is 24.9. The number of carboxylic acid groups (broad SMARTS) is 1. The molecule has 27 heavy (non-hydrogen) atoms. The number of rotatable bonds is 3. The number of carbonyl (C=O) groups is 2. The number of ether oxygens (including phenoxy) is 2. The van der Waals surface area contributed by atoms with Crippen LogP contribution >= 0.6 is 15.9 Å². The number of hydrogen-bond donors (Lipinski definition) is 1. The van der Waals surface area contributed by atoms with Gasteiger partial charge in [0.25, 0.3) is 0 Å². The number of fused-ring (bicyclic) bond motifs is 1. The van der Waals surface area contributed by atoms with E-state index in [2.05, 4.69) is 15.9 Å². The van der Waals surface area contributed by atoms with E-state index in [-0.39, 0.29) is 12.1 Å². The highest BCUT2D eigenvalue weighted by Crippen LogP contribution is 2.29. The second kappa shape index (κ2) is 7.52. The molecule has 1 aromatic heterocycles. The Morgan fingerprint density at radius 3 is 2.78 bits per heavy atom. The third-order valence-corrected chi connectivity index (χ3v) is 4.86. The minimum atomic E-state index is -0.927. The van der Waals surface area contributed by atoms with E-state index in [4.69, 9.17) is 9.47 Å². The zero-order valence-corrected chi connectivity index (χ0v) is 17.2. The van der Waals surface area contributed by atoms with E-state index in [1.807, 2.05) is 37.6 Å². The van der Waals surface area contributed by atoms with Crippen molar-refractivity contribution in [1.29, 1.82) is 0 Å². The number of benzene rings is 1. The number of morpholine rings is 1. The van der Waals surface area contributed by atoms with Crippen LogP contribution in [-0.2, 0) is 16.0 Å². The van der Waals surface area contributed by atoms with E-state index >= 15 is 0 Å². The van der Waals surface area contributed by atoms with Crippen molar-refractivity contribution in [2.24, 2.45) is 0 Å². The van der Waals surface area contributed by atoms with E-state index in [0.717, 1.165) is 15.4 Å². The van der Waals surface area contributed by atoms with Gasteiger partial charge in [0.15, 0.2) is 0 Å². The van der Waals surface area contributed by atoms with Crippen LogP contribution < -0.4 is 0 Å². The smallest absolute Gasteiger partial charge is 0.407 e. The van der Waals surface area contributed by atoms with Gasteiger partial charge in [0.1, 0.15) is 5.60 Å². The molecule has 2 aromatic rings. The maximum Gasteiger partial charge on any atom is 0.407 e. The SMILES string of the molecule is CC(C)(C)OC(=O)c1cc(Br)c2c(ccn2CC2CN(C(=O)O)CCO2)c1.